The van der Waals surface area contributed by atoms with Crippen molar-refractivity contribution in [3.63, 3.8) is 0 Å². The Morgan fingerprint density at radius 2 is 2.09 bits per heavy atom. The number of benzene rings is 1. The van der Waals surface area contributed by atoms with Crippen LogP contribution in [0.25, 0.3) is 5.65 Å². The molecule has 0 fully saturated rings. The molecule has 3 rings (SSSR count). The minimum Gasteiger partial charge on any atom is -0.493 e. The number of carbonyl (C=O) groups is 1. The molecule has 7 heteroatoms. The molecule has 0 aliphatic carbocycles. The summed E-state index contributed by atoms with van der Waals surface area (Å²) in [5.41, 5.74) is 1.10. The summed E-state index contributed by atoms with van der Waals surface area (Å²) in [5, 5.41) is 10.7. The van der Waals surface area contributed by atoms with Crippen LogP contribution in [0.15, 0.2) is 42.6 Å². The number of methoxy groups -OCH3 is 1. The van der Waals surface area contributed by atoms with Gasteiger partial charge in [-0.2, -0.15) is 0 Å². The van der Waals surface area contributed by atoms with Gasteiger partial charge in [0.1, 0.15) is 0 Å². The van der Waals surface area contributed by atoms with Gasteiger partial charge < -0.3 is 9.47 Å². The van der Waals surface area contributed by atoms with Crippen LogP contribution in [0, 0.1) is 0 Å². The number of rotatable bonds is 5. The van der Waals surface area contributed by atoms with Crippen LogP contribution in [-0.2, 0) is 0 Å². The van der Waals surface area contributed by atoms with E-state index >= 15 is 0 Å². The third kappa shape index (κ3) is 2.94. The van der Waals surface area contributed by atoms with Crippen LogP contribution in [-0.4, -0.2) is 34.2 Å². The molecule has 1 N–H and O–H groups in total. The van der Waals surface area contributed by atoms with E-state index in [2.05, 4.69) is 15.5 Å². The molecular formula is C16H16N4O3. The Balaban J connectivity index is 1.85. The Kier molecular flexibility index (Phi) is 4.09. The predicted octanol–water partition coefficient (Wildman–Crippen LogP) is 2.39. The molecule has 0 bridgehead atoms. The molecule has 1 amide bonds. The van der Waals surface area contributed by atoms with Crippen molar-refractivity contribution in [3.8, 4) is 11.5 Å². The van der Waals surface area contributed by atoms with Crippen LogP contribution in [0.4, 0.5) is 5.95 Å². The van der Waals surface area contributed by atoms with Crippen molar-refractivity contribution in [2.24, 2.45) is 0 Å². The zero-order valence-electron chi connectivity index (χ0n) is 12.8. The van der Waals surface area contributed by atoms with Gasteiger partial charge in [-0.15, -0.1) is 10.2 Å². The SMILES string of the molecule is CCOc1ccc(C(=O)Nc2nnc3ccccn23)cc1OC. The first-order valence-corrected chi connectivity index (χ1v) is 7.15. The predicted molar refractivity (Wildman–Crippen MR) is 85.1 cm³/mol. The number of pyridine rings is 1. The maximum absolute atomic E-state index is 12.4. The van der Waals surface area contributed by atoms with Gasteiger partial charge in [0.25, 0.3) is 5.91 Å². The molecule has 0 atom stereocenters. The Bertz CT molecular complexity index is 844. The number of hydrogen-bond acceptors (Lipinski definition) is 5. The van der Waals surface area contributed by atoms with Gasteiger partial charge >= 0.3 is 0 Å². The van der Waals surface area contributed by atoms with E-state index < -0.39 is 0 Å². The largest absolute Gasteiger partial charge is 0.493 e. The third-order valence-electron chi connectivity index (χ3n) is 3.26. The van der Waals surface area contributed by atoms with Crippen molar-refractivity contribution in [2.75, 3.05) is 19.0 Å². The van der Waals surface area contributed by atoms with E-state index in [1.165, 1.54) is 7.11 Å². The molecule has 3 aromatic rings. The lowest BCUT2D eigenvalue weighted by atomic mass is 10.2. The summed E-state index contributed by atoms with van der Waals surface area (Å²) in [7, 11) is 1.53. The first kappa shape index (κ1) is 14.8. The van der Waals surface area contributed by atoms with E-state index in [1.807, 2.05) is 25.1 Å². The van der Waals surface area contributed by atoms with E-state index in [1.54, 1.807) is 28.8 Å². The molecule has 0 aliphatic rings. The minimum absolute atomic E-state index is 0.301. The second-order valence-electron chi connectivity index (χ2n) is 4.71. The molecule has 1 aromatic carbocycles. The van der Waals surface area contributed by atoms with Crippen LogP contribution in [0.3, 0.4) is 0 Å². The van der Waals surface area contributed by atoms with Gasteiger partial charge in [-0.05, 0) is 37.3 Å². The van der Waals surface area contributed by atoms with E-state index in [-0.39, 0.29) is 5.91 Å². The minimum atomic E-state index is -0.301. The molecule has 23 heavy (non-hydrogen) atoms. The molecule has 7 nitrogen and oxygen atoms in total. The Hall–Kier alpha value is -3.09. The number of nitrogens with zero attached hydrogens (tertiary/aromatic N) is 3. The van der Waals surface area contributed by atoms with E-state index in [0.29, 0.717) is 35.3 Å². The van der Waals surface area contributed by atoms with Crippen LogP contribution < -0.4 is 14.8 Å². The monoisotopic (exact) mass is 312 g/mol. The Labute approximate surface area is 132 Å². The first-order valence-electron chi connectivity index (χ1n) is 7.15. The molecule has 0 spiro atoms. The van der Waals surface area contributed by atoms with Gasteiger partial charge in [0.2, 0.25) is 5.95 Å². The summed E-state index contributed by atoms with van der Waals surface area (Å²) in [6.07, 6.45) is 1.78. The molecule has 118 valence electrons. The Morgan fingerprint density at radius 3 is 2.87 bits per heavy atom. The summed E-state index contributed by atoms with van der Waals surface area (Å²) in [4.78, 5) is 12.4. The van der Waals surface area contributed by atoms with E-state index in [9.17, 15) is 4.79 Å². The highest BCUT2D eigenvalue weighted by molar-refractivity contribution is 6.03. The fourth-order valence-corrected chi connectivity index (χ4v) is 2.18. The zero-order chi connectivity index (χ0) is 16.2. The Morgan fingerprint density at radius 1 is 1.22 bits per heavy atom. The maximum atomic E-state index is 12.4. The number of carbonyl (C=O) groups excluding carboxylic acids is 1. The third-order valence-corrected chi connectivity index (χ3v) is 3.26. The topological polar surface area (TPSA) is 77.8 Å². The summed E-state index contributed by atoms with van der Waals surface area (Å²) in [5.74, 6) is 1.16. The number of aromatic nitrogens is 3. The number of ether oxygens (including phenoxy) is 2. The number of nitrogens with one attached hydrogen (secondary N) is 1. The van der Waals surface area contributed by atoms with Gasteiger partial charge in [0.05, 0.1) is 13.7 Å². The lowest BCUT2D eigenvalue weighted by Crippen LogP contribution is -2.14. The van der Waals surface area contributed by atoms with Crippen molar-refractivity contribution in [1.82, 2.24) is 14.6 Å². The molecule has 0 aliphatic heterocycles. The van der Waals surface area contributed by atoms with Gasteiger partial charge in [0, 0.05) is 11.8 Å². The van der Waals surface area contributed by atoms with Gasteiger partial charge in [-0.3, -0.25) is 14.5 Å². The second kappa shape index (κ2) is 6.35. The summed E-state index contributed by atoms with van der Waals surface area (Å²) < 4.78 is 12.4. The summed E-state index contributed by atoms with van der Waals surface area (Å²) in [6.45, 7) is 2.41. The van der Waals surface area contributed by atoms with Gasteiger partial charge in [-0.25, -0.2) is 0 Å². The van der Waals surface area contributed by atoms with Crippen molar-refractivity contribution in [2.45, 2.75) is 6.92 Å². The maximum Gasteiger partial charge on any atom is 0.258 e. The zero-order valence-corrected chi connectivity index (χ0v) is 12.8. The average molecular weight is 312 g/mol. The molecular weight excluding hydrogens is 296 g/mol. The number of amides is 1. The molecule has 0 saturated heterocycles. The van der Waals surface area contributed by atoms with Crippen molar-refractivity contribution in [3.05, 3.63) is 48.2 Å². The van der Waals surface area contributed by atoms with Crippen molar-refractivity contribution >= 4 is 17.5 Å². The van der Waals surface area contributed by atoms with Gasteiger partial charge in [-0.1, -0.05) is 6.07 Å². The molecule has 2 aromatic heterocycles. The van der Waals surface area contributed by atoms with E-state index in [4.69, 9.17) is 9.47 Å². The summed E-state index contributed by atoms with van der Waals surface area (Å²) in [6, 6.07) is 10.5. The lowest BCUT2D eigenvalue weighted by Gasteiger charge is -2.10. The number of fused-ring (bicyclic) bond motifs is 1. The molecule has 0 unspecified atom stereocenters. The van der Waals surface area contributed by atoms with Crippen LogP contribution in [0.2, 0.25) is 0 Å². The molecule has 2 heterocycles. The summed E-state index contributed by atoms with van der Waals surface area (Å²) >= 11 is 0. The van der Waals surface area contributed by atoms with Crippen molar-refractivity contribution < 1.29 is 14.3 Å². The smallest absolute Gasteiger partial charge is 0.258 e. The second-order valence-corrected chi connectivity index (χ2v) is 4.71. The fourth-order valence-electron chi connectivity index (χ4n) is 2.18. The first-order chi connectivity index (χ1) is 11.2. The lowest BCUT2D eigenvalue weighted by molar-refractivity contribution is 0.102. The number of anilines is 1. The highest BCUT2D eigenvalue weighted by Gasteiger charge is 2.14. The molecule has 0 radical (unpaired) electrons. The van der Waals surface area contributed by atoms with E-state index in [0.717, 1.165) is 0 Å². The standard InChI is InChI=1S/C16H16N4O3/c1-3-23-12-8-7-11(10-13(12)22-2)15(21)17-16-19-18-14-6-4-5-9-20(14)16/h4-10H,3H2,1-2H3,(H,17,19,21). The van der Waals surface area contributed by atoms with Crippen molar-refractivity contribution in [1.29, 1.82) is 0 Å². The van der Waals surface area contributed by atoms with Crippen LogP contribution in [0.1, 0.15) is 17.3 Å². The highest BCUT2D eigenvalue weighted by atomic mass is 16.5. The van der Waals surface area contributed by atoms with Crippen LogP contribution in [0.5, 0.6) is 11.5 Å². The average Bonchev–Trinajstić information content (AvgIpc) is 2.98. The normalized spacial score (nSPS) is 10.5. The van der Waals surface area contributed by atoms with Gasteiger partial charge in [0.15, 0.2) is 17.1 Å². The highest BCUT2D eigenvalue weighted by Crippen LogP contribution is 2.28. The quantitative estimate of drug-likeness (QED) is 0.782. The molecule has 0 saturated carbocycles. The fraction of sp³-hybridized carbons (Fsp3) is 0.188. The van der Waals surface area contributed by atoms with Crippen LogP contribution >= 0.6 is 0 Å². The number of hydrogen-bond donors (Lipinski definition) is 1.